The van der Waals surface area contributed by atoms with Crippen LogP contribution in [0.5, 0.6) is 5.75 Å². The molecule has 0 aliphatic carbocycles. The maximum absolute atomic E-state index is 12.4. The van der Waals surface area contributed by atoms with Crippen molar-refractivity contribution in [2.45, 2.75) is 26.8 Å². The van der Waals surface area contributed by atoms with Crippen LogP contribution in [-0.4, -0.2) is 29.4 Å². The van der Waals surface area contributed by atoms with E-state index in [1.54, 1.807) is 30.5 Å². The summed E-state index contributed by atoms with van der Waals surface area (Å²) in [5, 5.41) is 12.2. The van der Waals surface area contributed by atoms with E-state index in [4.69, 9.17) is 9.15 Å². The maximum Gasteiger partial charge on any atom is 0.573 e. The number of aromatic nitrogens is 1. The molecule has 0 aliphatic rings. The van der Waals surface area contributed by atoms with Gasteiger partial charge in [0.05, 0.1) is 18.4 Å². The van der Waals surface area contributed by atoms with Gasteiger partial charge < -0.3 is 23.8 Å². The number of benzene rings is 1. The number of hydrogen-bond acceptors (Lipinski definition) is 6. The van der Waals surface area contributed by atoms with Crippen molar-refractivity contribution in [1.29, 1.82) is 5.26 Å². The van der Waals surface area contributed by atoms with Crippen LogP contribution < -0.4 is 10.1 Å². The van der Waals surface area contributed by atoms with Crippen LogP contribution >= 0.6 is 0 Å². The Labute approximate surface area is 198 Å². The molecule has 0 atom stereocenters. The molecule has 0 radical (unpaired) electrons. The molecule has 3 aromatic rings. The summed E-state index contributed by atoms with van der Waals surface area (Å²) in [7, 11) is 0. The largest absolute Gasteiger partial charge is 0.573 e. The van der Waals surface area contributed by atoms with E-state index in [0.717, 1.165) is 23.9 Å². The zero-order valence-corrected chi connectivity index (χ0v) is 18.7. The van der Waals surface area contributed by atoms with Crippen molar-refractivity contribution in [2.24, 2.45) is 0 Å². The number of ether oxygens (including phenoxy) is 2. The molecule has 2 aromatic heterocycles. The van der Waals surface area contributed by atoms with E-state index < -0.39 is 30.6 Å². The molecule has 35 heavy (non-hydrogen) atoms. The minimum absolute atomic E-state index is 0.261. The van der Waals surface area contributed by atoms with Crippen LogP contribution in [0.15, 0.2) is 53.2 Å². The number of nitrogens with one attached hydrogen (secondary N) is 1. The molecule has 8 nitrogen and oxygen atoms in total. The third-order valence-corrected chi connectivity index (χ3v) is 4.96. The van der Waals surface area contributed by atoms with E-state index in [1.807, 2.05) is 0 Å². The Morgan fingerprint density at radius 3 is 2.51 bits per heavy atom. The number of nitriles is 1. The van der Waals surface area contributed by atoms with Crippen LogP contribution in [-0.2, 0) is 20.9 Å². The van der Waals surface area contributed by atoms with Crippen LogP contribution in [0.4, 0.5) is 19.0 Å². The van der Waals surface area contributed by atoms with Crippen LogP contribution in [0, 0.1) is 25.2 Å². The minimum atomic E-state index is -4.80. The van der Waals surface area contributed by atoms with Gasteiger partial charge in [-0.05, 0) is 55.3 Å². The number of carbonyl (C=O) groups excluding carboxylic acids is 2. The molecule has 1 amide bonds. The fourth-order valence-electron chi connectivity index (χ4n) is 3.18. The lowest BCUT2D eigenvalue weighted by Gasteiger charge is -2.12. The summed E-state index contributed by atoms with van der Waals surface area (Å²) in [6.45, 7) is 3.24. The van der Waals surface area contributed by atoms with Gasteiger partial charge in [-0.15, -0.1) is 13.2 Å². The van der Waals surface area contributed by atoms with Gasteiger partial charge in [-0.25, -0.2) is 4.79 Å². The van der Waals surface area contributed by atoms with Gasteiger partial charge in [0.25, 0.3) is 5.91 Å². The summed E-state index contributed by atoms with van der Waals surface area (Å²) < 4.78 is 52.4. The highest BCUT2D eigenvalue weighted by atomic mass is 19.4. The Kier molecular flexibility index (Phi) is 7.66. The number of amides is 1. The lowest BCUT2D eigenvalue weighted by Crippen LogP contribution is -2.22. The van der Waals surface area contributed by atoms with E-state index in [1.165, 1.54) is 24.5 Å². The average Bonchev–Trinajstić information content (AvgIpc) is 3.39. The molecule has 0 fully saturated rings. The smallest absolute Gasteiger partial charge is 0.467 e. The molecule has 1 aromatic carbocycles. The molecule has 0 unspecified atom stereocenters. The van der Waals surface area contributed by atoms with Crippen LogP contribution in [0.2, 0.25) is 0 Å². The number of alkyl halides is 3. The predicted molar refractivity (Wildman–Crippen MR) is 118 cm³/mol. The van der Waals surface area contributed by atoms with Crippen molar-refractivity contribution in [3.8, 4) is 11.8 Å². The van der Waals surface area contributed by atoms with Crippen LogP contribution in [0.3, 0.4) is 0 Å². The zero-order valence-electron chi connectivity index (χ0n) is 18.7. The Hall–Kier alpha value is -4.46. The molecule has 2 heterocycles. The van der Waals surface area contributed by atoms with Crippen LogP contribution in [0.1, 0.15) is 28.1 Å². The topological polar surface area (TPSA) is 106 Å². The van der Waals surface area contributed by atoms with E-state index in [2.05, 4.69) is 16.1 Å². The molecular weight excluding hydrogens is 467 g/mol. The standard InChI is InChI=1S/C24H20F3N3O5/c1-15-16(2)30(13-19-4-3-11-33-19)23(20(15)12-28)29-21(31)14-34-22(32)10-7-17-5-8-18(9-6-17)35-24(25,26)27/h3-11H,13-14H2,1-2H3,(H,29,31)/b10-7+. The van der Waals surface area contributed by atoms with E-state index in [0.29, 0.717) is 16.9 Å². The van der Waals surface area contributed by atoms with Gasteiger partial charge in [-0.1, -0.05) is 12.1 Å². The number of anilines is 1. The first-order chi connectivity index (χ1) is 16.6. The van der Waals surface area contributed by atoms with Crippen LogP contribution in [0.25, 0.3) is 6.08 Å². The molecule has 182 valence electrons. The van der Waals surface area contributed by atoms with Crippen molar-refractivity contribution >= 4 is 23.8 Å². The molecular formula is C24H20F3N3O5. The van der Waals surface area contributed by atoms with Gasteiger partial charge in [0, 0.05) is 11.8 Å². The van der Waals surface area contributed by atoms with Crippen molar-refractivity contribution in [2.75, 3.05) is 11.9 Å². The summed E-state index contributed by atoms with van der Waals surface area (Å²) in [5.41, 5.74) is 2.16. The van der Waals surface area contributed by atoms with E-state index in [-0.39, 0.29) is 17.9 Å². The number of furan rings is 1. The summed E-state index contributed by atoms with van der Waals surface area (Å²) in [6.07, 6.45) is -0.941. The molecule has 0 bridgehead atoms. The molecule has 0 saturated carbocycles. The summed E-state index contributed by atoms with van der Waals surface area (Å²) in [4.78, 5) is 24.4. The molecule has 11 heteroatoms. The number of esters is 1. The van der Waals surface area contributed by atoms with Gasteiger partial charge in [0.15, 0.2) is 6.61 Å². The van der Waals surface area contributed by atoms with Crippen molar-refractivity contribution < 1.29 is 36.7 Å². The lowest BCUT2D eigenvalue weighted by molar-refractivity contribution is -0.274. The van der Waals surface area contributed by atoms with Crippen molar-refractivity contribution in [1.82, 2.24) is 4.57 Å². The third kappa shape index (κ3) is 6.77. The Balaban J connectivity index is 1.60. The molecule has 0 aliphatic heterocycles. The second-order valence-electron chi connectivity index (χ2n) is 7.32. The summed E-state index contributed by atoms with van der Waals surface area (Å²) in [6, 6.07) is 10.4. The Bertz CT molecular complexity index is 1270. The second-order valence-corrected chi connectivity index (χ2v) is 7.32. The highest BCUT2D eigenvalue weighted by Gasteiger charge is 2.30. The van der Waals surface area contributed by atoms with Crippen molar-refractivity contribution in [3.05, 3.63) is 76.9 Å². The highest BCUT2D eigenvalue weighted by molar-refractivity contribution is 5.95. The quantitative estimate of drug-likeness (QED) is 0.364. The van der Waals surface area contributed by atoms with Gasteiger partial charge >= 0.3 is 12.3 Å². The number of rotatable bonds is 8. The molecule has 0 spiro atoms. The highest BCUT2D eigenvalue weighted by Crippen LogP contribution is 2.27. The van der Waals surface area contributed by atoms with E-state index >= 15 is 0 Å². The molecule has 0 saturated heterocycles. The zero-order chi connectivity index (χ0) is 25.6. The van der Waals surface area contributed by atoms with Gasteiger partial charge in [-0.2, -0.15) is 5.26 Å². The fraction of sp³-hybridized carbons (Fsp3) is 0.208. The Morgan fingerprint density at radius 1 is 1.20 bits per heavy atom. The number of nitrogens with zero attached hydrogens (tertiary/aromatic N) is 2. The Morgan fingerprint density at radius 2 is 1.91 bits per heavy atom. The van der Waals surface area contributed by atoms with Gasteiger partial charge in [0.1, 0.15) is 23.4 Å². The first kappa shape index (κ1) is 25.2. The average molecular weight is 487 g/mol. The number of hydrogen-bond donors (Lipinski definition) is 1. The SMILES string of the molecule is Cc1c(C#N)c(NC(=O)COC(=O)/C=C/c2ccc(OC(F)(F)F)cc2)n(Cc2ccco2)c1C. The van der Waals surface area contributed by atoms with E-state index in [9.17, 15) is 28.0 Å². The van der Waals surface area contributed by atoms with Gasteiger partial charge in [0.2, 0.25) is 0 Å². The monoisotopic (exact) mass is 487 g/mol. The first-order valence-corrected chi connectivity index (χ1v) is 10.2. The third-order valence-electron chi connectivity index (χ3n) is 4.96. The van der Waals surface area contributed by atoms with Gasteiger partial charge in [-0.3, -0.25) is 4.79 Å². The van der Waals surface area contributed by atoms with Crippen molar-refractivity contribution in [3.63, 3.8) is 0 Å². The second kappa shape index (κ2) is 10.6. The number of carbonyl (C=O) groups is 2. The molecule has 1 N–H and O–H groups in total. The normalized spacial score (nSPS) is 11.3. The summed E-state index contributed by atoms with van der Waals surface area (Å²) in [5.74, 6) is -1.01. The fourth-order valence-corrected chi connectivity index (χ4v) is 3.18. The maximum atomic E-state index is 12.4. The summed E-state index contributed by atoms with van der Waals surface area (Å²) >= 11 is 0. The number of halogens is 3. The lowest BCUT2D eigenvalue weighted by atomic mass is 10.2. The predicted octanol–water partition coefficient (Wildman–Crippen LogP) is 4.71. The minimum Gasteiger partial charge on any atom is -0.467 e. The molecule has 3 rings (SSSR count). The first-order valence-electron chi connectivity index (χ1n) is 10.2.